The van der Waals surface area contributed by atoms with Crippen molar-refractivity contribution < 1.29 is 27.9 Å². The highest BCUT2D eigenvalue weighted by atomic mass is 19.4. The first-order valence-electron chi connectivity index (χ1n) is 6.15. The van der Waals surface area contributed by atoms with E-state index < -0.39 is 41.8 Å². The zero-order valence-electron chi connectivity index (χ0n) is 10.7. The lowest BCUT2D eigenvalue weighted by Gasteiger charge is -2.24. The molecule has 2 saturated carbocycles. The summed E-state index contributed by atoms with van der Waals surface area (Å²) < 4.78 is 37.4. The van der Waals surface area contributed by atoms with E-state index >= 15 is 0 Å². The van der Waals surface area contributed by atoms with Crippen molar-refractivity contribution in [3.8, 4) is 0 Å². The molecule has 0 spiro atoms. The zero-order valence-corrected chi connectivity index (χ0v) is 10.7. The Labute approximate surface area is 108 Å². The molecule has 2 fully saturated rings. The van der Waals surface area contributed by atoms with Crippen LogP contribution in [0.2, 0.25) is 0 Å². The van der Waals surface area contributed by atoms with Gasteiger partial charge in [-0.2, -0.15) is 13.2 Å². The predicted molar refractivity (Wildman–Crippen MR) is 59.2 cm³/mol. The van der Waals surface area contributed by atoms with E-state index in [9.17, 15) is 22.8 Å². The van der Waals surface area contributed by atoms with Crippen LogP contribution in [0, 0.1) is 17.3 Å². The second-order valence-corrected chi connectivity index (χ2v) is 5.93. The van der Waals surface area contributed by atoms with Crippen LogP contribution in [0.5, 0.6) is 0 Å². The lowest BCUT2D eigenvalue weighted by Crippen LogP contribution is -2.42. The van der Waals surface area contributed by atoms with E-state index in [0.29, 0.717) is 12.8 Å². The third-order valence-corrected chi connectivity index (χ3v) is 3.98. The van der Waals surface area contributed by atoms with Gasteiger partial charge < -0.3 is 10.0 Å². The molecule has 4 nitrogen and oxygen atoms in total. The molecule has 2 rings (SSSR count). The minimum Gasteiger partial charge on any atom is -0.481 e. The summed E-state index contributed by atoms with van der Waals surface area (Å²) in [6, 6.07) is -0.375. The Hall–Kier alpha value is -1.27. The molecular weight excluding hydrogens is 263 g/mol. The molecule has 0 heterocycles. The van der Waals surface area contributed by atoms with E-state index in [1.807, 2.05) is 0 Å². The van der Waals surface area contributed by atoms with E-state index in [1.54, 1.807) is 13.8 Å². The van der Waals surface area contributed by atoms with Crippen molar-refractivity contribution in [3.05, 3.63) is 0 Å². The highest BCUT2D eigenvalue weighted by molar-refractivity contribution is 5.92. The second kappa shape index (κ2) is 4.11. The van der Waals surface area contributed by atoms with E-state index in [1.165, 1.54) is 0 Å². The second-order valence-electron chi connectivity index (χ2n) is 5.93. The van der Waals surface area contributed by atoms with Gasteiger partial charge in [-0.15, -0.1) is 0 Å². The van der Waals surface area contributed by atoms with Gasteiger partial charge in [-0.3, -0.25) is 9.59 Å². The number of hydrogen-bond donors (Lipinski definition) is 1. The van der Waals surface area contributed by atoms with Crippen molar-refractivity contribution >= 4 is 11.9 Å². The number of hydrogen-bond acceptors (Lipinski definition) is 2. The number of aliphatic carboxylic acids is 1. The SMILES string of the molecule is CC1(C)[C@H](C(=O)O)[C@@H]1C(=O)N(CC(F)(F)F)C1CC1. The van der Waals surface area contributed by atoms with E-state index in [-0.39, 0.29) is 6.04 Å². The highest BCUT2D eigenvalue weighted by Crippen LogP contribution is 2.59. The quantitative estimate of drug-likeness (QED) is 0.855. The number of carbonyl (C=O) groups is 2. The monoisotopic (exact) mass is 279 g/mol. The number of carboxylic acid groups (broad SMARTS) is 1. The van der Waals surface area contributed by atoms with Gasteiger partial charge in [-0.25, -0.2) is 0 Å². The number of alkyl halides is 3. The lowest BCUT2D eigenvalue weighted by atomic mass is 10.1. The van der Waals surface area contributed by atoms with Crippen molar-refractivity contribution in [2.24, 2.45) is 17.3 Å². The van der Waals surface area contributed by atoms with E-state index in [0.717, 1.165) is 4.90 Å². The molecule has 1 N–H and O–H groups in total. The maximum atomic E-state index is 12.5. The summed E-state index contributed by atoms with van der Waals surface area (Å²) in [5.41, 5.74) is -0.762. The summed E-state index contributed by atoms with van der Waals surface area (Å²) in [5.74, 6) is -3.51. The Kier molecular flexibility index (Phi) is 3.06. The van der Waals surface area contributed by atoms with E-state index in [2.05, 4.69) is 0 Å². The van der Waals surface area contributed by atoms with Crippen molar-refractivity contribution in [1.29, 1.82) is 0 Å². The van der Waals surface area contributed by atoms with Gasteiger partial charge in [-0.1, -0.05) is 13.8 Å². The molecule has 2 aliphatic rings. The van der Waals surface area contributed by atoms with Crippen LogP contribution in [-0.4, -0.2) is 40.6 Å². The molecule has 0 aromatic rings. The third kappa shape index (κ3) is 2.69. The van der Waals surface area contributed by atoms with Crippen molar-refractivity contribution in [2.75, 3.05) is 6.54 Å². The number of nitrogens with zero attached hydrogens (tertiary/aromatic N) is 1. The first-order chi connectivity index (χ1) is 8.55. The van der Waals surface area contributed by atoms with Crippen LogP contribution < -0.4 is 0 Å². The molecular formula is C12H16F3NO3. The minimum atomic E-state index is -4.45. The van der Waals surface area contributed by atoms with Crippen LogP contribution >= 0.6 is 0 Å². The fraction of sp³-hybridized carbons (Fsp3) is 0.833. The number of carboxylic acids is 1. The van der Waals surface area contributed by atoms with Crippen LogP contribution in [0.15, 0.2) is 0 Å². The van der Waals surface area contributed by atoms with Crippen molar-refractivity contribution in [2.45, 2.75) is 38.9 Å². The van der Waals surface area contributed by atoms with Crippen LogP contribution in [0.4, 0.5) is 13.2 Å². The molecule has 2 aliphatic carbocycles. The molecule has 0 saturated heterocycles. The van der Waals surface area contributed by atoms with Gasteiger partial charge in [0.05, 0.1) is 11.8 Å². The van der Waals surface area contributed by atoms with Crippen LogP contribution in [0.25, 0.3) is 0 Å². The van der Waals surface area contributed by atoms with Crippen molar-refractivity contribution in [3.63, 3.8) is 0 Å². The lowest BCUT2D eigenvalue weighted by molar-refractivity contribution is -0.164. The Bertz CT molecular complexity index is 415. The average Bonchev–Trinajstić information content (AvgIpc) is 3.07. The third-order valence-electron chi connectivity index (χ3n) is 3.98. The van der Waals surface area contributed by atoms with Gasteiger partial charge in [-0.05, 0) is 18.3 Å². The Balaban J connectivity index is 2.11. The standard InChI is InChI=1S/C12H16F3NO3/c1-11(2)7(8(11)10(18)19)9(17)16(6-3-4-6)5-12(13,14)15/h6-8H,3-5H2,1-2H3,(H,18,19)/t7-,8+/m1/s1. The van der Waals surface area contributed by atoms with Crippen LogP contribution in [0.1, 0.15) is 26.7 Å². The Morgan fingerprint density at radius 3 is 2.11 bits per heavy atom. The summed E-state index contributed by atoms with van der Waals surface area (Å²) in [6.45, 7) is 1.93. The molecule has 7 heteroatoms. The fourth-order valence-corrected chi connectivity index (χ4v) is 2.70. The fourth-order valence-electron chi connectivity index (χ4n) is 2.70. The molecule has 2 atom stereocenters. The largest absolute Gasteiger partial charge is 0.481 e. The molecule has 108 valence electrons. The Morgan fingerprint density at radius 2 is 1.79 bits per heavy atom. The van der Waals surface area contributed by atoms with Gasteiger partial charge >= 0.3 is 12.1 Å². The maximum Gasteiger partial charge on any atom is 0.406 e. The summed E-state index contributed by atoms with van der Waals surface area (Å²) in [7, 11) is 0. The zero-order chi connectivity index (χ0) is 14.6. The molecule has 0 radical (unpaired) electrons. The number of amides is 1. The maximum absolute atomic E-state index is 12.5. The molecule has 0 aromatic heterocycles. The Morgan fingerprint density at radius 1 is 1.26 bits per heavy atom. The molecule has 1 amide bonds. The predicted octanol–water partition coefficient (Wildman–Crippen LogP) is 1.90. The molecule has 0 aromatic carbocycles. The number of rotatable bonds is 4. The summed E-state index contributed by atoms with van der Waals surface area (Å²) >= 11 is 0. The van der Waals surface area contributed by atoms with Crippen LogP contribution in [-0.2, 0) is 9.59 Å². The molecule has 0 bridgehead atoms. The highest BCUT2D eigenvalue weighted by Gasteiger charge is 2.67. The number of carbonyl (C=O) groups excluding carboxylic acids is 1. The molecule has 0 aliphatic heterocycles. The summed E-state index contributed by atoms with van der Waals surface area (Å²) in [4.78, 5) is 24.0. The van der Waals surface area contributed by atoms with Crippen LogP contribution in [0.3, 0.4) is 0 Å². The normalized spacial score (nSPS) is 28.9. The topological polar surface area (TPSA) is 57.6 Å². The van der Waals surface area contributed by atoms with Crippen molar-refractivity contribution in [1.82, 2.24) is 4.90 Å². The van der Waals surface area contributed by atoms with Gasteiger partial charge in [0.25, 0.3) is 0 Å². The number of halogens is 3. The smallest absolute Gasteiger partial charge is 0.406 e. The van der Waals surface area contributed by atoms with Gasteiger partial charge in [0, 0.05) is 6.04 Å². The van der Waals surface area contributed by atoms with Gasteiger partial charge in [0.1, 0.15) is 6.54 Å². The summed E-state index contributed by atoms with van der Waals surface area (Å²) in [6.07, 6.45) is -3.32. The summed E-state index contributed by atoms with van der Waals surface area (Å²) in [5, 5.41) is 8.98. The van der Waals surface area contributed by atoms with E-state index in [4.69, 9.17) is 5.11 Å². The molecule has 0 unspecified atom stereocenters. The first-order valence-corrected chi connectivity index (χ1v) is 6.15. The molecule has 19 heavy (non-hydrogen) atoms. The van der Waals surface area contributed by atoms with Gasteiger partial charge in [0.2, 0.25) is 5.91 Å². The van der Waals surface area contributed by atoms with Gasteiger partial charge in [0.15, 0.2) is 0 Å². The average molecular weight is 279 g/mol. The minimum absolute atomic E-state index is 0.375. The first kappa shape index (κ1) is 14.1.